The second-order valence-corrected chi connectivity index (χ2v) is 8.91. The Kier molecular flexibility index (Phi) is 6.93. The maximum atomic E-state index is 12.7. The Morgan fingerprint density at radius 3 is 2.67 bits per heavy atom. The van der Waals surface area contributed by atoms with E-state index in [0.717, 1.165) is 16.3 Å². The van der Waals surface area contributed by atoms with Gasteiger partial charge in [-0.3, -0.25) is 19.8 Å². The highest BCUT2D eigenvalue weighted by molar-refractivity contribution is 9.10. The molecule has 2 amide bonds. The fourth-order valence-corrected chi connectivity index (χ4v) is 4.76. The van der Waals surface area contributed by atoms with Crippen LogP contribution in [0, 0.1) is 0 Å². The predicted octanol–water partition coefficient (Wildman–Crippen LogP) is 5.65. The first-order valence-electron chi connectivity index (χ1n) is 9.97. The number of halogens is 2. The summed E-state index contributed by atoms with van der Waals surface area (Å²) in [6, 6.07) is 17.5. The van der Waals surface area contributed by atoms with Crippen molar-refractivity contribution in [3.05, 3.63) is 93.4 Å². The zero-order valence-electron chi connectivity index (χ0n) is 17.3. The molecular formula is C25H18BrClN2O3S. The van der Waals surface area contributed by atoms with Crippen molar-refractivity contribution < 1.29 is 14.3 Å². The Morgan fingerprint density at radius 2 is 1.91 bits per heavy atom. The lowest BCUT2D eigenvalue weighted by Gasteiger charge is -2.27. The third-order valence-corrected chi connectivity index (χ3v) is 6.27. The highest BCUT2D eigenvalue weighted by atomic mass is 79.9. The van der Waals surface area contributed by atoms with Gasteiger partial charge in [-0.15, -0.1) is 6.58 Å². The quantitative estimate of drug-likeness (QED) is 0.190. The summed E-state index contributed by atoms with van der Waals surface area (Å²) in [6.45, 7) is 4.14. The lowest BCUT2D eigenvalue weighted by atomic mass is 10.1. The number of fused-ring (bicyclic) bond motifs is 1. The average Bonchev–Trinajstić information content (AvgIpc) is 2.79. The van der Waals surface area contributed by atoms with Crippen LogP contribution in [0.2, 0.25) is 5.02 Å². The number of benzene rings is 3. The van der Waals surface area contributed by atoms with Gasteiger partial charge in [0.2, 0.25) is 0 Å². The maximum Gasteiger partial charge on any atom is 0.265 e. The molecule has 3 aromatic rings. The molecule has 0 atom stereocenters. The second kappa shape index (κ2) is 9.87. The molecule has 4 rings (SSSR count). The Labute approximate surface area is 209 Å². The van der Waals surface area contributed by atoms with E-state index in [9.17, 15) is 9.59 Å². The van der Waals surface area contributed by atoms with Crippen LogP contribution in [0.15, 0.2) is 77.3 Å². The van der Waals surface area contributed by atoms with E-state index in [0.29, 0.717) is 27.4 Å². The lowest BCUT2D eigenvalue weighted by Crippen LogP contribution is -2.53. The molecule has 0 aliphatic carbocycles. The Morgan fingerprint density at radius 1 is 1.15 bits per heavy atom. The van der Waals surface area contributed by atoms with Crippen molar-refractivity contribution in [3.63, 3.8) is 0 Å². The molecule has 0 spiro atoms. The summed E-state index contributed by atoms with van der Waals surface area (Å²) < 4.78 is 6.63. The number of rotatable bonds is 6. The van der Waals surface area contributed by atoms with Gasteiger partial charge in [-0.25, -0.2) is 0 Å². The summed E-state index contributed by atoms with van der Waals surface area (Å²) in [7, 11) is 0. The predicted molar refractivity (Wildman–Crippen MR) is 138 cm³/mol. The van der Waals surface area contributed by atoms with E-state index in [-0.39, 0.29) is 17.2 Å². The Bertz CT molecular complexity index is 1310. The van der Waals surface area contributed by atoms with Crippen LogP contribution < -0.4 is 10.1 Å². The van der Waals surface area contributed by atoms with Gasteiger partial charge in [0.1, 0.15) is 12.2 Å². The molecule has 1 heterocycles. The molecule has 0 saturated carbocycles. The number of ether oxygens (including phenoxy) is 1. The van der Waals surface area contributed by atoms with Crippen molar-refractivity contribution in [2.24, 2.45) is 0 Å². The number of carbonyl (C=O) groups excluding carboxylic acids is 2. The van der Waals surface area contributed by atoms with Gasteiger partial charge < -0.3 is 4.74 Å². The summed E-state index contributed by atoms with van der Waals surface area (Å²) in [5, 5.41) is 5.16. The van der Waals surface area contributed by atoms with Crippen molar-refractivity contribution in [2.75, 3.05) is 6.54 Å². The van der Waals surface area contributed by atoms with Crippen LogP contribution in [-0.4, -0.2) is 28.4 Å². The highest BCUT2D eigenvalue weighted by Gasteiger charge is 2.32. The van der Waals surface area contributed by atoms with E-state index in [1.165, 1.54) is 17.1 Å². The number of carbonyl (C=O) groups is 2. The van der Waals surface area contributed by atoms with Crippen LogP contribution in [0.1, 0.15) is 11.1 Å². The average molecular weight is 542 g/mol. The molecule has 1 saturated heterocycles. The van der Waals surface area contributed by atoms with Gasteiger partial charge >= 0.3 is 0 Å². The molecule has 1 fully saturated rings. The summed E-state index contributed by atoms with van der Waals surface area (Å²) in [4.78, 5) is 26.4. The van der Waals surface area contributed by atoms with Gasteiger partial charge in [-0.2, -0.15) is 0 Å². The van der Waals surface area contributed by atoms with Crippen LogP contribution >= 0.6 is 39.7 Å². The second-order valence-electron chi connectivity index (χ2n) is 7.26. The molecular weight excluding hydrogens is 524 g/mol. The molecule has 1 aliphatic heterocycles. The van der Waals surface area contributed by atoms with Crippen LogP contribution in [0.25, 0.3) is 16.8 Å². The number of amides is 2. The van der Waals surface area contributed by atoms with E-state index in [2.05, 4.69) is 40.0 Å². The van der Waals surface area contributed by atoms with E-state index in [4.69, 9.17) is 28.6 Å². The van der Waals surface area contributed by atoms with Crippen molar-refractivity contribution in [1.29, 1.82) is 0 Å². The standard InChI is InChI=1S/C25H18BrClN2O3S/c1-2-10-29-24(31)19(23(30)28-25(29)33)11-15-12-20(26)22(21(27)13-15)32-14-17-8-5-7-16-6-3-4-9-18(16)17/h2-9,11-13H,1,10,14H2,(H,28,30,33)/b19-11+. The topological polar surface area (TPSA) is 58.6 Å². The number of thiocarbonyl (C=S) groups is 1. The molecule has 5 nitrogen and oxygen atoms in total. The van der Waals surface area contributed by atoms with Crippen LogP contribution in [0.3, 0.4) is 0 Å². The molecule has 0 aromatic heterocycles. The first-order valence-corrected chi connectivity index (χ1v) is 11.5. The zero-order valence-corrected chi connectivity index (χ0v) is 20.5. The minimum absolute atomic E-state index is 0.0437. The third-order valence-electron chi connectivity index (χ3n) is 5.08. The van der Waals surface area contributed by atoms with Crippen molar-refractivity contribution in [3.8, 4) is 5.75 Å². The number of hydrogen-bond acceptors (Lipinski definition) is 4. The lowest BCUT2D eigenvalue weighted by molar-refractivity contribution is -0.128. The minimum Gasteiger partial charge on any atom is -0.486 e. The van der Waals surface area contributed by atoms with Gasteiger partial charge in [0, 0.05) is 6.54 Å². The van der Waals surface area contributed by atoms with Gasteiger partial charge in [-0.05, 0) is 68.3 Å². The zero-order chi connectivity index (χ0) is 23.5. The fourth-order valence-electron chi connectivity index (χ4n) is 3.52. The van der Waals surface area contributed by atoms with E-state index in [1.54, 1.807) is 12.1 Å². The van der Waals surface area contributed by atoms with Crippen molar-refractivity contribution >= 4 is 73.5 Å². The van der Waals surface area contributed by atoms with Gasteiger partial charge in [0.25, 0.3) is 11.8 Å². The van der Waals surface area contributed by atoms with E-state index in [1.807, 2.05) is 30.3 Å². The van der Waals surface area contributed by atoms with Gasteiger partial charge in [0.05, 0.1) is 9.50 Å². The van der Waals surface area contributed by atoms with Crippen LogP contribution in [0.5, 0.6) is 5.75 Å². The molecule has 0 radical (unpaired) electrons. The maximum absolute atomic E-state index is 12.7. The number of nitrogens with zero attached hydrogens (tertiary/aromatic N) is 1. The smallest absolute Gasteiger partial charge is 0.265 e. The number of nitrogens with one attached hydrogen (secondary N) is 1. The summed E-state index contributed by atoms with van der Waals surface area (Å²) >= 11 is 15.1. The molecule has 1 N–H and O–H groups in total. The molecule has 8 heteroatoms. The largest absolute Gasteiger partial charge is 0.486 e. The van der Waals surface area contributed by atoms with Crippen LogP contribution in [0.4, 0.5) is 0 Å². The Balaban J connectivity index is 1.59. The normalized spacial score (nSPS) is 15.2. The van der Waals surface area contributed by atoms with Crippen LogP contribution in [-0.2, 0) is 16.2 Å². The van der Waals surface area contributed by atoms with Gasteiger partial charge in [-0.1, -0.05) is 60.1 Å². The molecule has 3 aromatic carbocycles. The van der Waals surface area contributed by atoms with Crippen molar-refractivity contribution in [1.82, 2.24) is 10.2 Å². The summed E-state index contributed by atoms with van der Waals surface area (Å²) in [5.41, 5.74) is 1.55. The minimum atomic E-state index is -0.561. The van der Waals surface area contributed by atoms with E-state index >= 15 is 0 Å². The highest BCUT2D eigenvalue weighted by Crippen LogP contribution is 2.36. The van der Waals surface area contributed by atoms with E-state index < -0.39 is 11.8 Å². The summed E-state index contributed by atoms with van der Waals surface area (Å²) in [5.74, 6) is -0.582. The molecule has 1 aliphatic rings. The summed E-state index contributed by atoms with van der Waals surface area (Å²) in [6.07, 6.45) is 3.01. The molecule has 0 bridgehead atoms. The SMILES string of the molecule is C=CCN1C(=O)/C(=C/c2cc(Cl)c(OCc3cccc4ccccc34)c(Br)c2)C(=O)NC1=S. The molecule has 33 heavy (non-hydrogen) atoms. The number of hydrogen-bond donors (Lipinski definition) is 1. The monoisotopic (exact) mass is 540 g/mol. The first kappa shape index (κ1) is 23.2. The first-order chi connectivity index (χ1) is 15.9. The van der Waals surface area contributed by atoms with Gasteiger partial charge in [0.15, 0.2) is 10.9 Å². The molecule has 0 unspecified atom stereocenters. The third kappa shape index (κ3) is 4.85. The fraction of sp³-hybridized carbons (Fsp3) is 0.0800. The molecule has 166 valence electrons. The van der Waals surface area contributed by atoms with Crippen molar-refractivity contribution in [2.45, 2.75) is 6.61 Å². The Hall–Kier alpha value is -3.00.